The highest BCUT2D eigenvalue weighted by Gasteiger charge is 2.36. The Kier molecular flexibility index (Phi) is 2.97. The molecule has 104 valence electrons. The molecule has 2 atom stereocenters. The fourth-order valence-corrected chi connectivity index (χ4v) is 3.07. The second-order valence-electron chi connectivity index (χ2n) is 5.20. The minimum atomic E-state index is -0.275. The molecule has 3 rings (SSSR count). The van der Waals surface area contributed by atoms with Gasteiger partial charge >= 0.3 is 0 Å². The maximum Gasteiger partial charge on any atom is 0.251 e. The number of thiocarbonyl (C=S) groups is 1. The van der Waals surface area contributed by atoms with Gasteiger partial charge in [-0.2, -0.15) is 0 Å². The first-order valence-electron chi connectivity index (χ1n) is 6.53. The lowest BCUT2D eigenvalue weighted by atomic mass is 10.0. The van der Waals surface area contributed by atoms with Crippen molar-refractivity contribution in [1.29, 1.82) is 0 Å². The molecule has 2 N–H and O–H groups in total. The van der Waals surface area contributed by atoms with Crippen LogP contribution < -0.4 is 10.6 Å². The highest BCUT2D eigenvalue weighted by Crippen LogP contribution is 2.30. The Morgan fingerprint density at radius 3 is 2.80 bits per heavy atom. The second kappa shape index (κ2) is 4.56. The minimum Gasteiger partial charge on any atom is -0.351 e. The molecule has 20 heavy (non-hydrogen) atoms. The van der Waals surface area contributed by atoms with Gasteiger partial charge in [-0.25, -0.2) is 0 Å². The molecule has 5 nitrogen and oxygen atoms in total. The average molecular weight is 289 g/mol. The molecule has 2 aliphatic heterocycles. The number of fused-ring (bicyclic) bond motifs is 1. The van der Waals surface area contributed by atoms with E-state index in [4.69, 9.17) is 12.2 Å². The van der Waals surface area contributed by atoms with Crippen molar-refractivity contribution < 1.29 is 9.59 Å². The maximum atomic E-state index is 12.1. The predicted octanol–water partition coefficient (Wildman–Crippen LogP) is 1.35. The summed E-state index contributed by atoms with van der Waals surface area (Å²) in [5.74, 6) is -0.00920. The molecule has 0 spiro atoms. The van der Waals surface area contributed by atoms with Crippen LogP contribution in [0.4, 0.5) is 5.69 Å². The fraction of sp³-hybridized carbons (Fsp3) is 0.357. The summed E-state index contributed by atoms with van der Waals surface area (Å²) < 4.78 is 0. The van der Waals surface area contributed by atoms with E-state index in [1.807, 2.05) is 25.1 Å². The van der Waals surface area contributed by atoms with Crippen LogP contribution in [0.2, 0.25) is 0 Å². The minimum absolute atomic E-state index is 0.00728. The standard InChI is InChI=1S/C14H15N3O2S/c1-7-13(19)17(14(20)15-7)8(2)9-3-4-11-10(5-9)6-12(18)16-11/h3-5,7-8H,6H2,1-2H3,(H,15,20)(H,16,18)/t7-,8+/m1/s1. The molecule has 1 fully saturated rings. The van der Waals surface area contributed by atoms with Crippen LogP contribution in [0.3, 0.4) is 0 Å². The molecular weight excluding hydrogens is 274 g/mol. The highest BCUT2D eigenvalue weighted by molar-refractivity contribution is 7.80. The predicted molar refractivity (Wildman–Crippen MR) is 79.2 cm³/mol. The molecular formula is C14H15N3O2S. The van der Waals surface area contributed by atoms with Gasteiger partial charge in [-0.1, -0.05) is 12.1 Å². The van der Waals surface area contributed by atoms with E-state index in [1.54, 1.807) is 11.8 Å². The first-order chi connectivity index (χ1) is 9.47. The van der Waals surface area contributed by atoms with E-state index in [9.17, 15) is 9.59 Å². The molecule has 6 heteroatoms. The molecule has 0 aromatic heterocycles. The summed E-state index contributed by atoms with van der Waals surface area (Å²) in [6.45, 7) is 3.74. The Balaban J connectivity index is 1.90. The summed E-state index contributed by atoms with van der Waals surface area (Å²) in [5.41, 5.74) is 2.80. The van der Waals surface area contributed by atoms with Gasteiger partial charge in [-0.3, -0.25) is 14.5 Å². The molecule has 2 amide bonds. The Morgan fingerprint density at radius 1 is 1.40 bits per heavy atom. The lowest BCUT2D eigenvalue weighted by Crippen LogP contribution is -2.33. The van der Waals surface area contributed by atoms with Gasteiger partial charge < -0.3 is 10.6 Å². The Morgan fingerprint density at radius 2 is 2.15 bits per heavy atom. The summed E-state index contributed by atoms with van der Waals surface area (Å²) >= 11 is 5.22. The van der Waals surface area contributed by atoms with E-state index < -0.39 is 0 Å². The zero-order valence-electron chi connectivity index (χ0n) is 11.3. The third kappa shape index (κ3) is 1.96. The van der Waals surface area contributed by atoms with Gasteiger partial charge in [-0.15, -0.1) is 0 Å². The van der Waals surface area contributed by atoms with Gasteiger partial charge in [0.2, 0.25) is 5.91 Å². The van der Waals surface area contributed by atoms with Crippen molar-refractivity contribution in [2.45, 2.75) is 32.4 Å². The lowest BCUT2D eigenvalue weighted by Gasteiger charge is -2.24. The quantitative estimate of drug-likeness (QED) is 0.807. The summed E-state index contributed by atoms with van der Waals surface area (Å²) in [5, 5.41) is 6.23. The molecule has 0 radical (unpaired) electrons. The van der Waals surface area contributed by atoms with Crippen molar-refractivity contribution >= 4 is 34.8 Å². The van der Waals surface area contributed by atoms with Crippen molar-refractivity contribution in [3.05, 3.63) is 29.3 Å². The third-order valence-corrected chi connectivity index (χ3v) is 4.11. The normalized spacial score (nSPS) is 22.6. The Hall–Kier alpha value is -1.95. The van der Waals surface area contributed by atoms with Crippen LogP contribution in [-0.4, -0.2) is 27.9 Å². The number of carbonyl (C=O) groups is 2. The number of anilines is 1. The zero-order valence-corrected chi connectivity index (χ0v) is 12.1. The van der Waals surface area contributed by atoms with Gasteiger partial charge in [0, 0.05) is 5.69 Å². The van der Waals surface area contributed by atoms with Crippen molar-refractivity contribution in [3.63, 3.8) is 0 Å². The van der Waals surface area contributed by atoms with Crippen LogP contribution in [-0.2, 0) is 16.0 Å². The van der Waals surface area contributed by atoms with Crippen LogP contribution in [0.1, 0.15) is 31.0 Å². The van der Waals surface area contributed by atoms with Crippen molar-refractivity contribution in [2.75, 3.05) is 5.32 Å². The molecule has 0 saturated carbocycles. The summed E-state index contributed by atoms with van der Waals surface area (Å²) in [6, 6.07) is 5.35. The van der Waals surface area contributed by atoms with Crippen LogP contribution in [0.5, 0.6) is 0 Å². The fourth-order valence-electron chi connectivity index (χ4n) is 2.65. The number of benzene rings is 1. The van der Waals surface area contributed by atoms with Gasteiger partial charge in [0.15, 0.2) is 5.11 Å². The molecule has 1 saturated heterocycles. The van der Waals surface area contributed by atoms with E-state index in [0.29, 0.717) is 11.5 Å². The monoisotopic (exact) mass is 289 g/mol. The third-order valence-electron chi connectivity index (χ3n) is 3.79. The Bertz CT molecular complexity index is 629. The maximum absolute atomic E-state index is 12.1. The van der Waals surface area contributed by atoms with E-state index in [1.165, 1.54) is 0 Å². The number of nitrogens with one attached hydrogen (secondary N) is 2. The SMILES string of the molecule is C[C@H]1NC(=S)N([C@@H](C)c2ccc3c(c2)CC(=O)N3)C1=O. The van der Waals surface area contributed by atoms with Gasteiger partial charge in [0.05, 0.1) is 12.5 Å². The molecule has 0 unspecified atom stereocenters. The lowest BCUT2D eigenvalue weighted by molar-refractivity contribution is -0.128. The average Bonchev–Trinajstić information content (AvgIpc) is 2.87. The van der Waals surface area contributed by atoms with E-state index >= 15 is 0 Å². The number of hydrogen-bond acceptors (Lipinski definition) is 3. The molecule has 1 aromatic carbocycles. The van der Waals surface area contributed by atoms with Crippen LogP contribution in [0.15, 0.2) is 18.2 Å². The summed E-state index contributed by atoms with van der Waals surface area (Å²) in [4.78, 5) is 25.1. The molecule has 2 aliphatic rings. The van der Waals surface area contributed by atoms with Gasteiger partial charge in [-0.05, 0) is 43.3 Å². The molecule has 1 aromatic rings. The van der Waals surface area contributed by atoms with Crippen LogP contribution in [0, 0.1) is 0 Å². The largest absolute Gasteiger partial charge is 0.351 e. The Labute approximate surface area is 122 Å². The molecule has 2 heterocycles. The van der Waals surface area contributed by atoms with Gasteiger partial charge in [0.25, 0.3) is 5.91 Å². The second-order valence-corrected chi connectivity index (χ2v) is 5.58. The number of nitrogens with zero attached hydrogens (tertiary/aromatic N) is 1. The summed E-state index contributed by atoms with van der Waals surface area (Å²) in [7, 11) is 0. The first-order valence-corrected chi connectivity index (χ1v) is 6.94. The number of rotatable bonds is 2. The van der Waals surface area contributed by atoms with Crippen LogP contribution in [0.25, 0.3) is 0 Å². The highest BCUT2D eigenvalue weighted by atomic mass is 32.1. The van der Waals surface area contributed by atoms with Gasteiger partial charge in [0.1, 0.15) is 6.04 Å². The van der Waals surface area contributed by atoms with E-state index in [-0.39, 0.29) is 23.9 Å². The van der Waals surface area contributed by atoms with Crippen molar-refractivity contribution in [3.8, 4) is 0 Å². The topological polar surface area (TPSA) is 61.4 Å². The van der Waals surface area contributed by atoms with Crippen molar-refractivity contribution in [1.82, 2.24) is 10.2 Å². The molecule has 0 bridgehead atoms. The zero-order chi connectivity index (χ0) is 14.4. The smallest absolute Gasteiger partial charge is 0.251 e. The number of carbonyl (C=O) groups excluding carboxylic acids is 2. The van der Waals surface area contributed by atoms with E-state index in [0.717, 1.165) is 16.8 Å². The van der Waals surface area contributed by atoms with Crippen LogP contribution >= 0.6 is 12.2 Å². The first kappa shape index (κ1) is 13.1. The number of hydrogen-bond donors (Lipinski definition) is 2. The number of amides is 2. The molecule has 0 aliphatic carbocycles. The van der Waals surface area contributed by atoms with Crippen molar-refractivity contribution in [2.24, 2.45) is 0 Å². The summed E-state index contributed by atoms with van der Waals surface area (Å²) in [6.07, 6.45) is 0.392. The van der Waals surface area contributed by atoms with E-state index in [2.05, 4.69) is 10.6 Å².